The van der Waals surface area contributed by atoms with E-state index in [1.165, 1.54) is 23.9 Å². The van der Waals surface area contributed by atoms with Crippen LogP contribution >= 0.6 is 27.7 Å². The van der Waals surface area contributed by atoms with E-state index in [0.29, 0.717) is 12.1 Å². The number of halogens is 1. The first-order valence-corrected chi connectivity index (χ1v) is 8.19. The van der Waals surface area contributed by atoms with Crippen LogP contribution in [0.1, 0.15) is 23.7 Å². The van der Waals surface area contributed by atoms with E-state index in [-0.39, 0.29) is 11.5 Å². The van der Waals surface area contributed by atoms with Crippen LogP contribution in [0, 0.1) is 0 Å². The van der Waals surface area contributed by atoms with Crippen LogP contribution in [0.15, 0.2) is 56.7 Å². The van der Waals surface area contributed by atoms with Crippen molar-refractivity contribution in [1.82, 2.24) is 0 Å². The zero-order valence-electron chi connectivity index (χ0n) is 11.8. The van der Waals surface area contributed by atoms with E-state index in [1.54, 1.807) is 13.0 Å². The van der Waals surface area contributed by atoms with Crippen molar-refractivity contribution in [3.05, 3.63) is 52.5 Å². The summed E-state index contributed by atoms with van der Waals surface area (Å²) >= 11 is 4.82. The molecule has 0 saturated heterocycles. The topological polar surface area (TPSA) is 69.2 Å². The molecule has 0 aromatic heterocycles. The Bertz CT molecular complexity index is 701. The van der Waals surface area contributed by atoms with Crippen molar-refractivity contribution in [2.45, 2.75) is 23.1 Å². The van der Waals surface area contributed by atoms with Gasteiger partial charge in [-0.25, -0.2) is 0 Å². The minimum absolute atomic E-state index is 0.0339. The Labute approximate surface area is 141 Å². The number of amides is 1. The Morgan fingerprint density at radius 3 is 2.45 bits per heavy atom. The van der Waals surface area contributed by atoms with Gasteiger partial charge in [-0.3, -0.25) is 4.79 Å². The number of carboxylic acids is 1. The van der Waals surface area contributed by atoms with Gasteiger partial charge in [0.1, 0.15) is 0 Å². The Morgan fingerprint density at radius 1 is 1.18 bits per heavy atom. The second-order valence-corrected chi connectivity index (χ2v) is 6.49. The quantitative estimate of drug-likeness (QED) is 0.866. The summed E-state index contributed by atoms with van der Waals surface area (Å²) < 4.78 is 0.976. The number of hydrogen-bond acceptors (Lipinski definition) is 4. The summed E-state index contributed by atoms with van der Waals surface area (Å²) in [5.41, 5.74) is 0.507. The molecule has 6 heteroatoms. The fourth-order valence-corrected chi connectivity index (χ4v) is 2.86. The van der Waals surface area contributed by atoms with E-state index in [2.05, 4.69) is 21.2 Å². The molecule has 1 amide bonds. The van der Waals surface area contributed by atoms with E-state index >= 15 is 0 Å². The number of carboxylic acid groups (broad SMARTS) is 1. The minimum atomic E-state index is -1.27. The molecule has 22 heavy (non-hydrogen) atoms. The molecule has 0 unspecified atom stereocenters. The molecule has 1 N–H and O–H groups in total. The molecule has 0 fully saturated rings. The molecule has 2 rings (SSSR count). The molecule has 0 aliphatic carbocycles. The van der Waals surface area contributed by atoms with Gasteiger partial charge >= 0.3 is 0 Å². The number of hydrogen-bond donors (Lipinski definition) is 1. The zero-order valence-corrected chi connectivity index (χ0v) is 14.2. The number of nitrogens with one attached hydrogen (secondary N) is 1. The van der Waals surface area contributed by atoms with Gasteiger partial charge in [0.25, 0.3) is 0 Å². The molecule has 2 aromatic rings. The lowest BCUT2D eigenvalue weighted by molar-refractivity contribution is -0.255. The van der Waals surface area contributed by atoms with Crippen molar-refractivity contribution in [2.75, 3.05) is 5.32 Å². The van der Waals surface area contributed by atoms with Gasteiger partial charge in [-0.1, -0.05) is 40.7 Å². The van der Waals surface area contributed by atoms with Crippen LogP contribution < -0.4 is 10.4 Å². The number of aromatic carboxylic acids is 1. The van der Waals surface area contributed by atoms with Crippen molar-refractivity contribution >= 4 is 45.3 Å². The van der Waals surface area contributed by atoms with Gasteiger partial charge in [0.15, 0.2) is 0 Å². The molecule has 0 aliphatic rings. The molecule has 0 spiro atoms. The third-order valence-electron chi connectivity index (χ3n) is 2.85. The molecule has 0 atom stereocenters. The van der Waals surface area contributed by atoms with Gasteiger partial charge in [-0.2, -0.15) is 0 Å². The summed E-state index contributed by atoms with van der Waals surface area (Å²) in [4.78, 5) is 24.4. The van der Waals surface area contributed by atoms with Gasteiger partial charge in [0.05, 0.1) is 11.7 Å². The highest BCUT2D eigenvalue weighted by Gasteiger charge is 2.09. The smallest absolute Gasteiger partial charge is 0.224 e. The second-order valence-electron chi connectivity index (χ2n) is 4.46. The third kappa shape index (κ3) is 4.35. The summed E-state index contributed by atoms with van der Waals surface area (Å²) in [6.07, 6.45) is 0.317. The van der Waals surface area contributed by atoms with E-state index < -0.39 is 5.97 Å². The molecule has 2 aromatic carbocycles. The second kappa shape index (κ2) is 7.47. The molecule has 0 saturated carbocycles. The van der Waals surface area contributed by atoms with Gasteiger partial charge in [0.2, 0.25) is 5.91 Å². The van der Waals surface area contributed by atoms with Crippen molar-refractivity contribution < 1.29 is 14.7 Å². The molecular weight excluding hydrogens is 366 g/mol. The van der Waals surface area contributed by atoms with Crippen molar-refractivity contribution in [3.63, 3.8) is 0 Å². The predicted octanol–water partition coefficient (Wildman–Crippen LogP) is 3.31. The highest BCUT2D eigenvalue weighted by atomic mass is 79.9. The summed E-state index contributed by atoms with van der Waals surface area (Å²) in [7, 11) is 0. The molecule has 0 bridgehead atoms. The monoisotopic (exact) mass is 378 g/mol. The van der Waals surface area contributed by atoms with Gasteiger partial charge in [-0.15, -0.1) is 0 Å². The number of carbonyl (C=O) groups is 2. The Kier molecular flexibility index (Phi) is 5.63. The van der Waals surface area contributed by atoms with Crippen LogP contribution in [0.25, 0.3) is 0 Å². The summed E-state index contributed by atoms with van der Waals surface area (Å²) in [6.45, 7) is 1.74. The van der Waals surface area contributed by atoms with Crippen molar-refractivity contribution in [1.29, 1.82) is 0 Å². The van der Waals surface area contributed by atoms with Crippen LogP contribution in [0.3, 0.4) is 0 Å². The first kappa shape index (κ1) is 16.6. The standard InChI is InChI=1S/C16H14BrNO3S/c1-2-15(19)18-13-9-10(16(20)21)3-8-14(13)22-12-6-4-11(17)5-7-12/h3-9H,2H2,1H3,(H,18,19)(H,20,21)/p-1. The van der Waals surface area contributed by atoms with Crippen molar-refractivity contribution in [3.8, 4) is 0 Å². The Hall–Kier alpha value is -1.79. The van der Waals surface area contributed by atoms with Crippen molar-refractivity contribution in [2.24, 2.45) is 0 Å². The van der Waals surface area contributed by atoms with E-state index in [0.717, 1.165) is 14.3 Å². The molecule has 0 aliphatic heterocycles. The number of carbonyl (C=O) groups excluding carboxylic acids is 2. The maximum Gasteiger partial charge on any atom is 0.224 e. The highest BCUT2D eigenvalue weighted by Crippen LogP contribution is 2.34. The summed E-state index contributed by atoms with van der Waals surface area (Å²) in [5, 5.41) is 13.7. The number of rotatable bonds is 5. The van der Waals surface area contributed by atoms with E-state index in [1.807, 2.05) is 24.3 Å². The van der Waals surface area contributed by atoms with E-state index in [4.69, 9.17) is 0 Å². The highest BCUT2D eigenvalue weighted by molar-refractivity contribution is 9.10. The molecule has 0 radical (unpaired) electrons. The minimum Gasteiger partial charge on any atom is -0.545 e. The molecular formula is C16H13BrNO3S-. The van der Waals surface area contributed by atoms with Crippen LogP contribution in [0.2, 0.25) is 0 Å². The SMILES string of the molecule is CCC(=O)Nc1cc(C(=O)[O-])ccc1Sc1ccc(Br)cc1. The lowest BCUT2D eigenvalue weighted by Gasteiger charge is -2.13. The van der Waals surface area contributed by atoms with Crippen LogP contribution in [-0.4, -0.2) is 11.9 Å². The molecule has 114 valence electrons. The van der Waals surface area contributed by atoms with Gasteiger partial charge in [0, 0.05) is 20.7 Å². The first-order chi connectivity index (χ1) is 10.5. The maximum absolute atomic E-state index is 11.6. The predicted molar refractivity (Wildman–Crippen MR) is 88.0 cm³/mol. The van der Waals surface area contributed by atoms with Crippen LogP contribution in [0.4, 0.5) is 5.69 Å². The summed E-state index contributed by atoms with van der Waals surface area (Å²) in [5.74, 6) is -1.44. The first-order valence-electron chi connectivity index (χ1n) is 6.58. The Balaban J connectivity index is 2.33. The molecule has 4 nitrogen and oxygen atoms in total. The summed E-state index contributed by atoms with van der Waals surface area (Å²) in [6, 6.07) is 12.3. The Morgan fingerprint density at radius 2 is 1.86 bits per heavy atom. The zero-order chi connectivity index (χ0) is 16.1. The van der Waals surface area contributed by atoms with Gasteiger partial charge < -0.3 is 15.2 Å². The van der Waals surface area contributed by atoms with Crippen LogP contribution in [-0.2, 0) is 4.79 Å². The fraction of sp³-hybridized carbons (Fsp3) is 0.125. The number of benzene rings is 2. The fourth-order valence-electron chi connectivity index (χ4n) is 1.71. The average molecular weight is 379 g/mol. The largest absolute Gasteiger partial charge is 0.545 e. The normalized spacial score (nSPS) is 10.3. The third-order valence-corrected chi connectivity index (χ3v) is 4.46. The lowest BCUT2D eigenvalue weighted by Crippen LogP contribution is -2.22. The van der Waals surface area contributed by atoms with Gasteiger partial charge in [-0.05, 0) is 42.0 Å². The maximum atomic E-state index is 11.6. The lowest BCUT2D eigenvalue weighted by atomic mass is 10.2. The average Bonchev–Trinajstić information content (AvgIpc) is 2.50. The van der Waals surface area contributed by atoms with E-state index in [9.17, 15) is 14.7 Å². The molecule has 0 heterocycles. The number of anilines is 1. The van der Waals surface area contributed by atoms with Crippen LogP contribution in [0.5, 0.6) is 0 Å².